The molecule has 2 heterocycles. The van der Waals surface area contributed by atoms with Crippen LogP contribution in [0, 0.1) is 35.5 Å². The van der Waals surface area contributed by atoms with Gasteiger partial charge in [0.2, 0.25) is 0 Å². The number of para-hydroxylation sites is 2. The highest BCUT2D eigenvalue weighted by Gasteiger charge is 2.52. The van der Waals surface area contributed by atoms with Gasteiger partial charge >= 0.3 is 6.85 Å². The van der Waals surface area contributed by atoms with Gasteiger partial charge in [0.25, 0.3) is 0 Å². The van der Waals surface area contributed by atoms with E-state index in [1.165, 1.54) is 159 Å². The summed E-state index contributed by atoms with van der Waals surface area (Å²) in [5, 5.41) is 0. The van der Waals surface area contributed by atoms with Crippen LogP contribution in [-0.4, -0.2) is 6.85 Å². The van der Waals surface area contributed by atoms with Crippen molar-refractivity contribution in [1.82, 2.24) is 0 Å². The SMILES string of the molecule is CC1CC2CC(C)CC(c3ccc4c(c3)-c3cc(C56CC(C)CC(CC(C)C5)C6)cc5c3C(C4)c3cc(N(c4ccccc4)c4ccccc4)cc4c3B5N(c3ccc(-c5ccccc5)cc3)c3ccc(-c5ccccc5)cc3-4)(C1)C2. The van der Waals surface area contributed by atoms with Crippen molar-refractivity contribution < 1.29 is 0 Å². The lowest BCUT2D eigenvalue weighted by Crippen LogP contribution is -2.63. The molecule has 400 valence electrons. The third-order valence-corrected chi connectivity index (χ3v) is 21.5. The quantitative estimate of drug-likeness (QED) is 0.140. The average molecular weight is 1050 g/mol. The molecule has 4 bridgehead atoms. The lowest BCUT2D eigenvalue weighted by Gasteiger charge is -2.52. The molecule has 81 heavy (non-hydrogen) atoms. The molecule has 3 heteroatoms. The highest BCUT2D eigenvalue weighted by molar-refractivity contribution is 6.92. The van der Waals surface area contributed by atoms with Gasteiger partial charge in [-0.05, 0) is 255 Å². The van der Waals surface area contributed by atoms with E-state index in [9.17, 15) is 0 Å². The third kappa shape index (κ3) is 8.17. The smallest absolute Gasteiger partial charge is 0.329 e. The van der Waals surface area contributed by atoms with E-state index in [-0.39, 0.29) is 23.6 Å². The molecule has 0 spiro atoms. The highest BCUT2D eigenvalue weighted by Crippen LogP contribution is 2.59. The highest BCUT2D eigenvalue weighted by atomic mass is 15.1. The van der Waals surface area contributed by atoms with Crippen LogP contribution in [0.25, 0.3) is 44.5 Å². The third-order valence-electron chi connectivity index (χ3n) is 21.5. The van der Waals surface area contributed by atoms with Crippen LogP contribution in [0.3, 0.4) is 0 Å². The predicted molar refractivity (Wildman–Crippen MR) is 342 cm³/mol. The Morgan fingerprint density at radius 3 is 1.53 bits per heavy atom. The van der Waals surface area contributed by atoms with Gasteiger partial charge in [-0.1, -0.05) is 173 Å². The van der Waals surface area contributed by atoms with Crippen LogP contribution < -0.4 is 20.6 Å². The van der Waals surface area contributed by atoms with E-state index in [0.717, 1.165) is 30.1 Å². The monoisotopic (exact) mass is 1050 g/mol. The molecule has 5 unspecified atom stereocenters. The number of anilines is 5. The van der Waals surface area contributed by atoms with E-state index in [1.54, 1.807) is 16.7 Å². The Balaban J connectivity index is 0.996. The molecule has 0 radical (unpaired) electrons. The van der Waals surface area contributed by atoms with E-state index in [1.807, 2.05) is 0 Å². The number of nitrogens with zero attached hydrogens (tertiary/aromatic N) is 2. The Morgan fingerprint density at radius 1 is 0.420 bits per heavy atom. The minimum atomic E-state index is -0.0507. The summed E-state index contributed by atoms with van der Waals surface area (Å²) in [5.74, 6) is 4.75. The Hall–Kier alpha value is -7.36. The second-order valence-corrected chi connectivity index (χ2v) is 27.3. The maximum absolute atomic E-state index is 2.85. The van der Waals surface area contributed by atoms with Gasteiger partial charge in [-0.2, -0.15) is 0 Å². The van der Waals surface area contributed by atoms with E-state index >= 15 is 0 Å². The molecule has 9 aromatic carbocycles. The Kier molecular flexibility index (Phi) is 11.7. The number of hydrogen-bond donors (Lipinski definition) is 0. The van der Waals surface area contributed by atoms with Crippen molar-refractivity contribution in [3.8, 4) is 44.5 Å². The lowest BCUT2D eigenvalue weighted by molar-refractivity contribution is 0.0778. The fourth-order valence-corrected chi connectivity index (χ4v) is 19.1. The van der Waals surface area contributed by atoms with Crippen LogP contribution in [0.15, 0.2) is 206 Å². The topological polar surface area (TPSA) is 6.48 Å². The van der Waals surface area contributed by atoms with E-state index in [4.69, 9.17) is 0 Å². The van der Waals surface area contributed by atoms with Crippen molar-refractivity contribution in [2.45, 2.75) is 115 Å². The lowest BCUT2D eigenvalue weighted by atomic mass is 9.38. The van der Waals surface area contributed by atoms with Gasteiger partial charge in [0, 0.05) is 39.9 Å². The maximum atomic E-state index is 2.85. The average Bonchev–Trinajstić information content (AvgIpc) is 3.63. The molecular formula is C78H75BN2. The first-order chi connectivity index (χ1) is 39.6. The summed E-state index contributed by atoms with van der Waals surface area (Å²) < 4.78 is 0. The van der Waals surface area contributed by atoms with Gasteiger partial charge < -0.3 is 9.71 Å². The summed E-state index contributed by atoms with van der Waals surface area (Å²) in [7, 11) is 0. The summed E-state index contributed by atoms with van der Waals surface area (Å²) in [6, 6.07) is 80.3. The van der Waals surface area contributed by atoms with Crippen molar-refractivity contribution in [2.24, 2.45) is 35.5 Å². The maximum Gasteiger partial charge on any atom is 0.329 e. The molecule has 0 saturated heterocycles. The normalized spacial score (nSPS) is 26.4. The first-order valence-corrected chi connectivity index (χ1v) is 31.2. The number of hydrogen-bond acceptors (Lipinski definition) is 2. The first kappa shape index (κ1) is 49.5. The zero-order valence-corrected chi connectivity index (χ0v) is 47.9. The fraction of sp³-hybridized carbons (Fsp3) is 0.308. The zero-order valence-electron chi connectivity index (χ0n) is 47.9. The molecule has 4 saturated carbocycles. The molecule has 2 aliphatic heterocycles. The van der Waals surface area contributed by atoms with Crippen LogP contribution in [0.2, 0.25) is 0 Å². The summed E-state index contributed by atoms with van der Waals surface area (Å²) in [4.78, 5) is 5.33. The Bertz CT molecular complexity index is 3790. The molecule has 2 nitrogen and oxygen atoms in total. The second-order valence-electron chi connectivity index (χ2n) is 27.3. The largest absolute Gasteiger partial charge is 0.376 e. The van der Waals surface area contributed by atoms with Crippen molar-refractivity contribution in [3.05, 3.63) is 234 Å². The van der Waals surface area contributed by atoms with Crippen molar-refractivity contribution >= 4 is 46.2 Å². The van der Waals surface area contributed by atoms with Gasteiger partial charge in [-0.15, -0.1) is 0 Å². The first-order valence-electron chi connectivity index (χ1n) is 31.2. The molecule has 5 atom stereocenters. The Labute approximate surface area is 482 Å². The minimum Gasteiger partial charge on any atom is -0.376 e. The van der Waals surface area contributed by atoms with Crippen LogP contribution >= 0.6 is 0 Å². The van der Waals surface area contributed by atoms with Gasteiger partial charge in [0.15, 0.2) is 0 Å². The van der Waals surface area contributed by atoms with Gasteiger partial charge in [-0.25, -0.2) is 0 Å². The summed E-state index contributed by atoms with van der Waals surface area (Å²) in [5.41, 5.74) is 28.0. The molecule has 0 N–H and O–H groups in total. The van der Waals surface area contributed by atoms with Crippen molar-refractivity contribution in [3.63, 3.8) is 0 Å². The molecule has 5 aliphatic carbocycles. The molecular weight excluding hydrogens is 976 g/mol. The standard InChI is InChI=1S/C78H75BN2/c1-50-33-54-34-51(2)45-77(44-50,48-54)61-29-25-60-38-69-72-43-66(80(63-21-13-7-14-22-63)64-23-15-8-16-24-64)42-71-68-37-59(57-19-11-6-12-20-57)28-32-74(68)81(65-30-26-58(27-31-65)56-17-9-5-10-18-56)79(76(71)72)73-41-62(40-70(75(69)73)67(60)39-61)78-46-52(3)35-55(49-78)36-53(4)47-78/h5-32,37,39-43,50-55,69H,33-36,38,44-49H2,1-4H3. The van der Waals surface area contributed by atoms with E-state index in [2.05, 4.69) is 244 Å². The summed E-state index contributed by atoms with van der Waals surface area (Å²) in [6.07, 6.45) is 14.4. The van der Waals surface area contributed by atoms with Crippen LogP contribution in [0.1, 0.15) is 126 Å². The van der Waals surface area contributed by atoms with Gasteiger partial charge in [-0.3, -0.25) is 0 Å². The van der Waals surface area contributed by atoms with Crippen LogP contribution in [0.4, 0.5) is 28.4 Å². The number of rotatable bonds is 8. The second kappa shape index (κ2) is 19.1. The molecule has 9 aromatic rings. The molecule has 4 fully saturated rings. The molecule has 0 aromatic heterocycles. The van der Waals surface area contributed by atoms with Crippen LogP contribution in [-0.2, 0) is 17.3 Å². The molecule has 16 rings (SSSR count). The van der Waals surface area contributed by atoms with Crippen molar-refractivity contribution in [1.29, 1.82) is 0 Å². The van der Waals surface area contributed by atoms with Gasteiger partial charge in [0.1, 0.15) is 0 Å². The number of fused-ring (bicyclic) bond motifs is 10. The summed E-state index contributed by atoms with van der Waals surface area (Å²) >= 11 is 0. The van der Waals surface area contributed by atoms with E-state index < -0.39 is 0 Å². The minimum absolute atomic E-state index is 0.0507. The molecule has 0 amide bonds. The van der Waals surface area contributed by atoms with Crippen molar-refractivity contribution in [2.75, 3.05) is 9.71 Å². The fourth-order valence-electron chi connectivity index (χ4n) is 19.1. The molecule has 7 aliphatic rings. The zero-order chi connectivity index (χ0) is 54.1. The number of benzene rings is 9. The summed E-state index contributed by atoms with van der Waals surface area (Å²) in [6.45, 7) is 10.2. The van der Waals surface area contributed by atoms with Gasteiger partial charge in [0.05, 0.1) is 0 Å². The van der Waals surface area contributed by atoms with Crippen LogP contribution in [0.5, 0.6) is 0 Å². The van der Waals surface area contributed by atoms with E-state index in [0.29, 0.717) is 11.8 Å². The Morgan fingerprint density at radius 2 is 0.938 bits per heavy atom. The predicted octanol–water partition coefficient (Wildman–Crippen LogP) is 19.3.